The second-order valence-corrected chi connectivity index (χ2v) is 9.97. The van der Waals surface area contributed by atoms with Crippen molar-refractivity contribution in [2.24, 2.45) is 0 Å². The number of rotatable bonds is 9. The van der Waals surface area contributed by atoms with Crippen LogP contribution in [0.25, 0.3) is 0 Å². The van der Waals surface area contributed by atoms with Gasteiger partial charge in [-0.1, -0.05) is 41.9 Å². The van der Waals surface area contributed by atoms with Crippen LogP contribution in [0.3, 0.4) is 0 Å². The van der Waals surface area contributed by atoms with Gasteiger partial charge in [0.2, 0.25) is 5.91 Å². The first-order chi connectivity index (χ1) is 15.7. The number of amides is 1. The van der Waals surface area contributed by atoms with Gasteiger partial charge in [-0.05, 0) is 73.9 Å². The van der Waals surface area contributed by atoms with E-state index in [0.29, 0.717) is 16.5 Å². The highest BCUT2D eigenvalue weighted by molar-refractivity contribution is 7.92. The van der Waals surface area contributed by atoms with E-state index in [0.717, 1.165) is 21.0 Å². The first-order valence-corrected chi connectivity index (χ1v) is 12.3. The molecule has 0 atom stereocenters. The predicted octanol–water partition coefficient (Wildman–Crippen LogP) is 4.66. The smallest absolute Gasteiger partial charge is 0.264 e. The first kappa shape index (κ1) is 24.6. The maximum atomic E-state index is 13.3. The highest BCUT2D eigenvalue weighted by Crippen LogP contribution is 2.25. The first-order valence-electron chi connectivity index (χ1n) is 10.5. The third kappa shape index (κ3) is 6.27. The molecule has 0 bridgehead atoms. The molecule has 0 saturated carbocycles. The minimum absolute atomic E-state index is 0.121. The molecular formula is C25H27ClN2O4S. The molecule has 33 heavy (non-hydrogen) atoms. The number of hydrogen-bond donors (Lipinski definition) is 1. The molecule has 6 nitrogen and oxygen atoms in total. The molecule has 3 aromatic rings. The Bertz CT molecular complexity index is 1230. The van der Waals surface area contributed by atoms with Crippen LogP contribution in [0, 0.1) is 20.8 Å². The summed E-state index contributed by atoms with van der Waals surface area (Å²) in [4.78, 5) is 12.8. The molecule has 0 aliphatic heterocycles. The highest BCUT2D eigenvalue weighted by Gasteiger charge is 2.27. The largest absolute Gasteiger partial charge is 0.492 e. The van der Waals surface area contributed by atoms with E-state index < -0.39 is 15.9 Å². The molecule has 0 aliphatic carbocycles. The lowest BCUT2D eigenvalue weighted by Gasteiger charge is -2.25. The van der Waals surface area contributed by atoms with E-state index in [1.807, 2.05) is 32.9 Å². The number of carbonyl (C=O) groups is 1. The monoisotopic (exact) mass is 486 g/mol. The van der Waals surface area contributed by atoms with Crippen molar-refractivity contribution in [3.05, 3.63) is 88.4 Å². The summed E-state index contributed by atoms with van der Waals surface area (Å²) in [6.07, 6.45) is 0. The van der Waals surface area contributed by atoms with Gasteiger partial charge in [0.15, 0.2) is 0 Å². The van der Waals surface area contributed by atoms with Crippen molar-refractivity contribution in [2.45, 2.75) is 25.7 Å². The summed E-state index contributed by atoms with van der Waals surface area (Å²) in [5, 5.41) is 3.33. The van der Waals surface area contributed by atoms with E-state index in [1.54, 1.807) is 42.5 Å². The van der Waals surface area contributed by atoms with Gasteiger partial charge in [0.1, 0.15) is 18.9 Å². The van der Waals surface area contributed by atoms with E-state index in [2.05, 4.69) is 5.32 Å². The van der Waals surface area contributed by atoms with Crippen LogP contribution < -0.4 is 14.4 Å². The van der Waals surface area contributed by atoms with E-state index in [4.69, 9.17) is 16.3 Å². The lowest BCUT2D eigenvalue weighted by atomic mass is 10.1. The maximum Gasteiger partial charge on any atom is 0.264 e. The molecule has 0 heterocycles. The molecule has 0 aromatic heterocycles. The quantitative estimate of drug-likeness (QED) is 0.446. The van der Waals surface area contributed by atoms with Crippen LogP contribution in [-0.2, 0) is 14.8 Å². The van der Waals surface area contributed by atoms with Gasteiger partial charge in [-0.15, -0.1) is 0 Å². The molecule has 1 N–H and O–H groups in total. The summed E-state index contributed by atoms with van der Waals surface area (Å²) in [6, 6.07) is 18.8. The molecule has 8 heteroatoms. The average Bonchev–Trinajstić information content (AvgIpc) is 2.80. The molecule has 3 aromatic carbocycles. The predicted molar refractivity (Wildman–Crippen MR) is 132 cm³/mol. The van der Waals surface area contributed by atoms with Crippen LogP contribution >= 0.6 is 11.6 Å². The fraction of sp³-hybridized carbons (Fsp3) is 0.240. The van der Waals surface area contributed by atoms with Gasteiger partial charge >= 0.3 is 0 Å². The van der Waals surface area contributed by atoms with Gasteiger partial charge in [-0.3, -0.25) is 9.10 Å². The SMILES string of the molecule is Cc1ccc(N(CC(=O)NCCOc2ccc(C)c(Cl)c2)S(=O)(=O)c2ccccc2)cc1C. The molecule has 1 amide bonds. The second kappa shape index (κ2) is 10.7. The number of aryl methyl sites for hydroxylation is 3. The maximum absolute atomic E-state index is 13.3. The van der Waals surface area contributed by atoms with Gasteiger partial charge in [-0.2, -0.15) is 0 Å². The molecule has 0 aliphatic rings. The number of halogens is 1. The van der Waals surface area contributed by atoms with Crippen molar-refractivity contribution in [1.82, 2.24) is 5.32 Å². The Balaban J connectivity index is 1.71. The van der Waals surface area contributed by atoms with E-state index in [1.165, 1.54) is 12.1 Å². The van der Waals surface area contributed by atoms with Crippen LogP contribution in [0.2, 0.25) is 5.02 Å². The summed E-state index contributed by atoms with van der Waals surface area (Å²) in [6.45, 7) is 5.84. The van der Waals surface area contributed by atoms with Crippen LogP contribution in [0.15, 0.2) is 71.6 Å². The van der Waals surface area contributed by atoms with Gasteiger partial charge in [0.05, 0.1) is 17.1 Å². The lowest BCUT2D eigenvalue weighted by Crippen LogP contribution is -2.42. The molecule has 0 unspecified atom stereocenters. The van der Waals surface area contributed by atoms with Crippen LogP contribution in [-0.4, -0.2) is 34.0 Å². The van der Waals surface area contributed by atoms with Crippen molar-refractivity contribution in [2.75, 3.05) is 24.0 Å². The molecule has 0 fully saturated rings. The molecule has 0 radical (unpaired) electrons. The van der Waals surface area contributed by atoms with E-state index in [-0.39, 0.29) is 24.6 Å². The number of ether oxygens (including phenoxy) is 1. The Labute approximate surface area is 200 Å². The molecule has 0 saturated heterocycles. The number of benzene rings is 3. The van der Waals surface area contributed by atoms with Gasteiger partial charge in [0, 0.05) is 5.02 Å². The Morgan fingerprint density at radius 3 is 2.30 bits per heavy atom. The summed E-state index contributed by atoms with van der Waals surface area (Å²) < 4.78 is 33.4. The van der Waals surface area contributed by atoms with Crippen molar-refractivity contribution < 1.29 is 17.9 Å². The summed E-state index contributed by atoms with van der Waals surface area (Å²) >= 11 is 6.09. The van der Waals surface area contributed by atoms with Crippen molar-refractivity contribution in [1.29, 1.82) is 0 Å². The minimum Gasteiger partial charge on any atom is -0.492 e. The van der Waals surface area contributed by atoms with Gasteiger partial charge in [0.25, 0.3) is 10.0 Å². The summed E-state index contributed by atoms with van der Waals surface area (Å²) in [5.41, 5.74) is 3.35. The molecule has 3 rings (SSSR count). The van der Waals surface area contributed by atoms with Crippen molar-refractivity contribution >= 4 is 33.2 Å². The Morgan fingerprint density at radius 1 is 0.939 bits per heavy atom. The van der Waals surface area contributed by atoms with Crippen LogP contribution in [0.5, 0.6) is 5.75 Å². The van der Waals surface area contributed by atoms with Gasteiger partial charge in [-0.25, -0.2) is 8.42 Å². The zero-order chi connectivity index (χ0) is 24.0. The number of nitrogens with one attached hydrogen (secondary N) is 1. The minimum atomic E-state index is -3.93. The van der Waals surface area contributed by atoms with Gasteiger partial charge < -0.3 is 10.1 Å². The Morgan fingerprint density at radius 2 is 1.64 bits per heavy atom. The van der Waals surface area contributed by atoms with Crippen LogP contribution in [0.4, 0.5) is 5.69 Å². The number of anilines is 1. The summed E-state index contributed by atoms with van der Waals surface area (Å²) in [7, 11) is -3.93. The van der Waals surface area contributed by atoms with Crippen molar-refractivity contribution in [3.63, 3.8) is 0 Å². The third-order valence-electron chi connectivity index (χ3n) is 5.23. The Hall–Kier alpha value is -3.03. The lowest BCUT2D eigenvalue weighted by molar-refractivity contribution is -0.119. The average molecular weight is 487 g/mol. The van der Waals surface area contributed by atoms with E-state index >= 15 is 0 Å². The third-order valence-corrected chi connectivity index (χ3v) is 7.43. The topological polar surface area (TPSA) is 75.7 Å². The normalized spacial score (nSPS) is 11.2. The molecule has 0 spiro atoms. The molecular weight excluding hydrogens is 460 g/mol. The number of sulfonamides is 1. The highest BCUT2D eigenvalue weighted by atomic mass is 35.5. The summed E-state index contributed by atoms with van der Waals surface area (Å²) in [5.74, 6) is 0.168. The van der Waals surface area contributed by atoms with E-state index in [9.17, 15) is 13.2 Å². The fourth-order valence-corrected chi connectivity index (χ4v) is 4.73. The molecule has 174 valence electrons. The fourth-order valence-electron chi connectivity index (χ4n) is 3.12. The number of hydrogen-bond acceptors (Lipinski definition) is 4. The zero-order valence-corrected chi connectivity index (χ0v) is 20.4. The van der Waals surface area contributed by atoms with Crippen LogP contribution in [0.1, 0.15) is 16.7 Å². The standard InChI is InChI=1S/C25H27ClN2O4S/c1-18-9-11-21(15-20(18)3)28(33(30,31)23-7-5-4-6-8-23)17-25(29)27-13-14-32-22-12-10-19(2)24(26)16-22/h4-12,15-16H,13-14,17H2,1-3H3,(H,27,29). The number of carbonyl (C=O) groups excluding carboxylic acids is 1. The second-order valence-electron chi connectivity index (χ2n) is 7.70. The Kier molecular flexibility index (Phi) is 8.00. The zero-order valence-electron chi connectivity index (χ0n) is 18.8. The number of nitrogens with zero attached hydrogens (tertiary/aromatic N) is 1. The van der Waals surface area contributed by atoms with Crippen molar-refractivity contribution in [3.8, 4) is 5.75 Å².